The number of fused-ring (bicyclic) bond motifs is 1. The number of cyclic esters (lactones) is 1. The van der Waals surface area contributed by atoms with E-state index in [1.165, 1.54) is 0 Å². The van der Waals surface area contributed by atoms with Gasteiger partial charge >= 0.3 is 11.9 Å². The van der Waals surface area contributed by atoms with Gasteiger partial charge in [0, 0.05) is 18.2 Å². The topological polar surface area (TPSA) is 127 Å². The van der Waals surface area contributed by atoms with Crippen LogP contribution in [0.25, 0.3) is 0 Å². The summed E-state index contributed by atoms with van der Waals surface area (Å²) in [4.78, 5) is 23.4. The van der Waals surface area contributed by atoms with E-state index in [1.54, 1.807) is 21.1 Å². The number of rotatable bonds is 12. The molecule has 0 bridgehead atoms. The number of hydrogen-bond donors (Lipinski definition) is 2. The normalized spacial score (nSPS) is 14.3. The van der Waals surface area contributed by atoms with Crippen molar-refractivity contribution >= 4 is 11.9 Å². The third-order valence-electron chi connectivity index (χ3n) is 4.86. The maximum atomic E-state index is 12.4. The molecule has 2 rings (SSSR count). The minimum atomic E-state index is -1.06. The zero-order valence-corrected chi connectivity index (χ0v) is 17.8. The number of aliphatic carboxylic acids is 1. The largest absolute Gasteiger partial charge is 0.496 e. The summed E-state index contributed by atoms with van der Waals surface area (Å²) in [6.07, 6.45) is 2.42. The van der Waals surface area contributed by atoms with Crippen molar-refractivity contribution < 1.29 is 38.4 Å². The fourth-order valence-electron chi connectivity index (χ4n) is 3.26. The summed E-state index contributed by atoms with van der Waals surface area (Å²) < 4.78 is 27.0. The Morgan fingerprint density at radius 2 is 2.03 bits per heavy atom. The second kappa shape index (κ2) is 11.0. The molecule has 1 aromatic rings. The Morgan fingerprint density at radius 3 is 2.67 bits per heavy atom. The van der Waals surface area contributed by atoms with Gasteiger partial charge in [-0.3, -0.25) is 4.79 Å². The predicted octanol–water partition coefficient (Wildman–Crippen LogP) is 1.96. The molecule has 9 heteroatoms. The highest BCUT2D eigenvalue weighted by Crippen LogP contribution is 2.42. The first kappa shape index (κ1) is 23.7. The van der Waals surface area contributed by atoms with E-state index in [1.807, 2.05) is 13.0 Å². The van der Waals surface area contributed by atoms with E-state index in [0.29, 0.717) is 42.3 Å². The second-order valence-corrected chi connectivity index (χ2v) is 6.96. The zero-order valence-electron chi connectivity index (χ0n) is 17.8. The Morgan fingerprint density at radius 1 is 1.30 bits per heavy atom. The number of carboxylic acid groups (broad SMARTS) is 1. The van der Waals surface area contributed by atoms with Gasteiger partial charge in [0.25, 0.3) is 0 Å². The van der Waals surface area contributed by atoms with Crippen LogP contribution in [-0.2, 0) is 32.0 Å². The molecule has 0 aromatic heterocycles. The first-order valence-electron chi connectivity index (χ1n) is 9.54. The molecule has 0 saturated carbocycles. The van der Waals surface area contributed by atoms with Crippen molar-refractivity contribution in [2.24, 2.45) is 5.73 Å². The third kappa shape index (κ3) is 5.50. The molecule has 1 aliphatic heterocycles. The fourth-order valence-corrected chi connectivity index (χ4v) is 3.26. The number of carbonyl (C=O) groups is 2. The first-order chi connectivity index (χ1) is 14.3. The van der Waals surface area contributed by atoms with E-state index < -0.39 is 18.0 Å². The molecular weight excluding hydrogens is 394 g/mol. The SMILES string of the molecule is COCCOCOc1c(CC=C(C)CC(N)C(=O)O)c(OC)c(C)c2c1C(=O)OC2. The van der Waals surface area contributed by atoms with Crippen LogP contribution in [0.1, 0.15) is 40.4 Å². The van der Waals surface area contributed by atoms with Crippen LogP contribution in [0.5, 0.6) is 11.5 Å². The van der Waals surface area contributed by atoms with E-state index in [0.717, 1.165) is 16.7 Å². The van der Waals surface area contributed by atoms with E-state index in [2.05, 4.69) is 0 Å². The lowest BCUT2D eigenvalue weighted by Crippen LogP contribution is -2.30. The van der Waals surface area contributed by atoms with Gasteiger partial charge in [-0.1, -0.05) is 11.6 Å². The Bertz CT molecular complexity index is 818. The van der Waals surface area contributed by atoms with Crippen LogP contribution in [0.2, 0.25) is 0 Å². The standard InChI is InChI=1S/C21H29NO8/c1-12(9-16(22)20(23)24)5-6-14-18(27-4)13(2)15-10-29-21(25)17(15)19(14)30-11-28-8-7-26-3/h5,16H,6-11,22H2,1-4H3,(H,23,24). The summed E-state index contributed by atoms with van der Waals surface area (Å²) >= 11 is 0. The lowest BCUT2D eigenvalue weighted by atomic mass is 9.94. The monoisotopic (exact) mass is 423 g/mol. The van der Waals surface area contributed by atoms with Gasteiger partial charge in [0.1, 0.15) is 29.7 Å². The molecule has 0 amide bonds. The van der Waals surface area contributed by atoms with Gasteiger partial charge < -0.3 is 34.5 Å². The predicted molar refractivity (Wildman–Crippen MR) is 108 cm³/mol. The minimum Gasteiger partial charge on any atom is -0.496 e. The van der Waals surface area contributed by atoms with Crippen LogP contribution in [0, 0.1) is 6.92 Å². The van der Waals surface area contributed by atoms with Crippen molar-refractivity contribution in [1.82, 2.24) is 0 Å². The average Bonchev–Trinajstić information content (AvgIpc) is 3.09. The van der Waals surface area contributed by atoms with Crippen LogP contribution in [0.15, 0.2) is 11.6 Å². The number of allylic oxidation sites excluding steroid dienone is 1. The van der Waals surface area contributed by atoms with Crippen molar-refractivity contribution in [3.05, 3.63) is 33.9 Å². The molecule has 0 saturated heterocycles. The Hall–Kier alpha value is -2.62. The molecule has 30 heavy (non-hydrogen) atoms. The van der Waals surface area contributed by atoms with Crippen molar-refractivity contribution in [1.29, 1.82) is 0 Å². The summed E-state index contributed by atoms with van der Waals surface area (Å²) in [6.45, 7) is 4.50. The molecule has 1 aliphatic rings. The van der Waals surface area contributed by atoms with E-state index in [4.69, 9.17) is 34.5 Å². The van der Waals surface area contributed by atoms with Gasteiger partial charge in [-0.05, 0) is 32.3 Å². The molecule has 166 valence electrons. The molecule has 0 aliphatic carbocycles. The summed E-state index contributed by atoms with van der Waals surface area (Å²) in [7, 11) is 3.12. The van der Waals surface area contributed by atoms with Gasteiger partial charge in [-0.25, -0.2) is 4.79 Å². The summed E-state index contributed by atoms with van der Waals surface area (Å²) in [5, 5.41) is 9.01. The zero-order chi connectivity index (χ0) is 22.3. The maximum Gasteiger partial charge on any atom is 0.342 e. The third-order valence-corrected chi connectivity index (χ3v) is 4.86. The van der Waals surface area contributed by atoms with Gasteiger partial charge in [0.05, 0.1) is 20.3 Å². The number of methoxy groups -OCH3 is 2. The van der Waals surface area contributed by atoms with E-state index in [9.17, 15) is 9.59 Å². The highest BCUT2D eigenvalue weighted by Gasteiger charge is 2.33. The molecule has 1 atom stereocenters. The number of hydrogen-bond acceptors (Lipinski definition) is 8. The number of nitrogens with two attached hydrogens (primary N) is 1. The van der Waals surface area contributed by atoms with Crippen LogP contribution in [0.4, 0.5) is 0 Å². The van der Waals surface area contributed by atoms with Gasteiger partial charge in [0.2, 0.25) is 0 Å². The number of carbonyl (C=O) groups excluding carboxylic acids is 1. The van der Waals surface area contributed by atoms with Crippen molar-refractivity contribution in [2.75, 3.05) is 34.2 Å². The molecular formula is C21H29NO8. The maximum absolute atomic E-state index is 12.4. The first-order valence-corrected chi connectivity index (χ1v) is 9.54. The molecule has 1 aromatic carbocycles. The quantitative estimate of drug-likeness (QED) is 0.224. The summed E-state index contributed by atoms with van der Waals surface area (Å²) in [6, 6.07) is -0.982. The molecule has 0 spiro atoms. The number of carboxylic acids is 1. The van der Waals surface area contributed by atoms with E-state index in [-0.39, 0.29) is 19.8 Å². The lowest BCUT2D eigenvalue weighted by Gasteiger charge is -2.19. The van der Waals surface area contributed by atoms with Crippen LogP contribution in [-0.4, -0.2) is 57.3 Å². The van der Waals surface area contributed by atoms with Crippen molar-refractivity contribution in [3.8, 4) is 11.5 Å². The number of ether oxygens (including phenoxy) is 5. The Labute approximate surface area is 175 Å². The van der Waals surface area contributed by atoms with Crippen LogP contribution >= 0.6 is 0 Å². The second-order valence-electron chi connectivity index (χ2n) is 6.96. The molecule has 1 unspecified atom stereocenters. The van der Waals surface area contributed by atoms with Gasteiger partial charge in [-0.2, -0.15) is 0 Å². The lowest BCUT2D eigenvalue weighted by molar-refractivity contribution is -0.138. The smallest absolute Gasteiger partial charge is 0.342 e. The van der Waals surface area contributed by atoms with Crippen molar-refractivity contribution in [3.63, 3.8) is 0 Å². The highest BCUT2D eigenvalue weighted by atomic mass is 16.7. The van der Waals surface area contributed by atoms with E-state index >= 15 is 0 Å². The fraction of sp³-hybridized carbons (Fsp3) is 0.524. The number of benzene rings is 1. The number of esters is 1. The molecule has 3 N–H and O–H groups in total. The molecule has 1 heterocycles. The van der Waals surface area contributed by atoms with Crippen molar-refractivity contribution in [2.45, 2.75) is 39.3 Å². The average molecular weight is 423 g/mol. The van der Waals surface area contributed by atoms with Gasteiger partial charge in [0.15, 0.2) is 6.79 Å². The van der Waals surface area contributed by atoms with Crippen LogP contribution < -0.4 is 15.2 Å². The Kier molecular flexibility index (Phi) is 8.64. The molecule has 0 fully saturated rings. The summed E-state index contributed by atoms with van der Waals surface area (Å²) in [5.74, 6) is -0.587. The Balaban J connectivity index is 2.38. The highest BCUT2D eigenvalue weighted by molar-refractivity contribution is 5.98. The minimum absolute atomic E-state index is 0.0745. The molecule has 0 radical (unpaired) electrons. The van der Waals surface area contributed by atoms with Crippen LogP contribution in [0.3, 0.4) is 0 Å². The summed E-state index contributed by atoms with van der Waals surface area (Å²) in [5.41, 5.74) is 8.97. The molecule has 9 nitrogen and oxygen atoms in total. The van der Waals surface area contributed by atoms with Gasteiger partial charge in [-0.15, -0.1) is 0 Å².